The van der Waals surface area contributed by atoms with Crippen LogP contribution in [0.3, 0.4) is 0 Å². The average Bonchev–Trinajstić information content (AvgIpc) is 2.43. The largest absolute Gasteiger partial charge is 0.496 e. The van der Waals surface area contributed by atoms with E-state index >= 15 is 0 Å². The first-order valence-corrected chi connectivity index (χ1v) is 6.50. The summed E-state index contributed by atoms with van der Waals surface area (Å²) in [5, 5.41) is 0. The van der Waals surface area contributed by atoms with Crippen LogP contribution in [0.5, 0.6) is 5.75 Å². The van der Waals surface area contributed by atoms with Crippen molar-refractivity contribution in [2.24, 2.45) is 0 Å². The highest BCUT2D eigenvalue weighted by Crippen LogP contribution is 2.29. The first-order chi connectivity index (χ1) is 9.45. The van der Waals surface area contributed by atoms with Crippen LogP contribution < -0.4 is 10.5 Å². The third kappa shape index (κ3) is 2.39. The van der Waals surface area contributed by atoms with E-state index in [1.165, 1.54) is 0 Å². The number of ether oxygens (including phenoxy) is 1. The fourth-order valence-corrected chi connectivity index (χ4v) is 2.39. The molecule has 2 aromatic carbocycles. The van der Waals surface area contributed by atoms with Gasteiger partial charge in [0.15, 0.2) is 5.78 Å². The fourth-order valence-electron chi connectivity index (χ4n) is 2.39. The van der Waals surface area contributed by atoms with Gasteiger partial charge in [-0.3, -0.25) is 4.79 Å². The Kier molecular flexibility index (Phi) is 3.79. The number of benzene rings is 2. The van der Waals surface area contributed by atoms with Crippen molar-refractivity contribution in [3.63, 3.8) is 0 Å². The predicted molar refractivity (Wildman–Crippen MR) is 81.5 cm³/mol. The Labute approximate surface area is 119 Å². The Morgan fingerprint density at radius 2 is 1.65 bits per heavy atom. The summed E-state index contributed by atoms with van der Waals surface area (Å²) in [6, 6.07) is 8.92. The summed E-state index contributed by atoms with van der Waals surface area (Å²) >= 11 is 0. The van der Waals surface area contributed by atoms with Gasteiger partial charge in [-0.25, -0.2) is 0 Å². The molecule has 0 spiro atoms. The molecular weight excluding hydrogens is 250 g/mol. The molecule has 0 heterocycles. The van der Waals surface area contributed by atoms with E-state index < -0.39 is 0 Å². The van der Waals surface area contributed by atoms with Crippen LogP contribution in [0.2, 0.25) is 0 Å². The van der Waals surface area contributed by atoms with Gasteiger partial charge in [-0.05, 0) is 67.8 Å². The van der Waals surface area contributed by atoms with Gasteiger partial charge in [0.25, 0.3) is 0 Å². The number of carbonyl (C=O) groups excluding carboxylic acids is 1. The van der Waals surface area contributed by atoms with Crippen LogP contribution >= 0.6 is 0 Å². The maximum Gasteiger partial charge on any atom is 0.193 e. The normalized spacial score (nSPS) is 10.4. The molecule has 20 heavy (non-hydrogen) atoms. The summed E-state index contributed by atoms with van der Waals surface area (Å²) in [6.07, 6.45) is 0. The molecule has 0 unspecified atom stereocenters. The Balaban J connectivity index is 2.55. The molecule has 0 saturated carbocycles. The highest BCUT2D eigenvalue weighted by molar-refractivity contribution is 6.11. The zero-order valence-electron chi connectivity index (χ0n) is 12.3. The van der Waals surface area contributed by atoms with Crippen LogP contribution in [0.25, 0.3) is 0 Å². The van der Waals surface area contributed by atoms with Crippen molar-refractivity contribution in [1.82, 2.24) is 0 Å². The van der Waals surface area contributed by atoms with E-state index in [4.69, 9.17) is 10.5 Å². The number of nitrogen functional groups attached to an aromatic ring is 1. The van der Waals surface area contributed by atoms with Crippen molar-refractivity contribution in [3.05, 3.63) is 58.1 Å². The maximum absolute atomic E-state index is 12.7. The lowest BCUT2D eigenvalue weighted by atomic mass is 9.91. The minimum atomic E-state index is 0.0192. The molecule has 0 atom stereocenters. The first-order valence-electron chi connectivity index (χ1n) is 6.50. The molecule has 0 saturated heterocycles. The van der Waals surface area contributed by atoms with E-state index in [9.17, 15) is 4.79 Å². The lowest BCUT2D eigenvalue weighted by Crippen LogP contribution is -2.08. The molecule has 3 nitrogen and oxygen atoms in total. The zero-order chi connectivity index (χ0) is 14.9. The van der Waals surface area contributed by atoms with E-state index in [2.05, 4.69) is 0 Å². The minimum absolute atomic E-state index is 0.0192. The predicted octanol–water partition coefficient (Wildman–Crippen LogP) is 3.43. The highest BCUT2D eigenvalue weighted by atomic mass is 16.5. The van der Waals surface area contributed by atoms with Gasteiger partial charge in [0.1, 0.15) is 5.75 Å². The molecule has 0 radical (unpaired) electrons. The minimum Gasteiger partial charge on any atom is -0.496 e. The van der Waals surface area contributed by atoms with Crippen LogP contribution in [0.15, 0.2) is 30.3 Å². The second-order valence-corrected chi connectivity index (χ2v) is 4.97. The molecule has 0 amide bonds. The highest BCUT2D eigenvalue weighted by Gasteiger charge is 2.18. The number of anilines is 1. The number of hydrogen-bond donors (Lipinski definition) is 1. The Bertz CT molecular complexity index is 658. The Morgan fingerprint density at radius 3 is 2.20 bits per heavy atom. The summed E-state index contributed by atoms with van der Waals surface area (Å²) in [7, 11) is 1.64. The van der Waals surface area contributed by atoms with Crippen molar-refractivity contribution >= 4 is 11.5 Å². The molecule has 2 aromatic rings. The molecule has 0 fully saturated rings. The molecule has 2 N–H and O–H groups in total. The molecule has 0 aliphatic heterocycles. The number of ketones is 1. The SMILES string of the molecule is COc1cc(C)c(C(=O)c2ccc(N)cc2)c(C)c1C. The van der Waals surface area contributed by atoms with Crippen LogP contribution in [0, 0.1) is 20.8 Å². The van der Waals surface area contributed by atoms with Crippen LogP contribution in [0.4, 0.5) is 5.69 Å². The van der Waals surface area contributed by atoms with E-state index in [1.807, 2.05) is 26.8 Å². The van der Waals surface area contributed by atoms with Gasteiger partial charge in [0.05, 0.1) is 7.11 Å². The summed E-state index contributed by atoms with van der Waals surface area (Å²) in [6.45, 7) is 5.85. The Morgan fingerprint density at radius 1 is 1.05 bits per heavy atom. The standard InChI is InChI=1S/C17H19NO2/c1-10-9-15(20-4)11(2)12(3)16(10)17(19)13-5-7-14(18)8-6-13/h5-9H,18H2,1-4H3. The van der Waals surface area contributed by atoms with Gasteiger partial charge < -0.3 is 10.5 Å². The first kappa shape index (κ1) is 14.1. The van der Waals surface area contributed by atoms with Crippen LogP contribution in [-0.2, 0) is 0 Å². The number of aryl methyl sites for hydroxylation is 1. The van der Waals surface area contributed by atoms with Crippen molar-refractivity contribution in [1.29, 1.82) is 0 Å². The lowest BCUT2D eigenvalue weighted by Gasteiger charge is -2.15. The van der Waals surface area contributed by atoms with E-state index in [-0.39, 0.29) is 5.78 Å². The Hall–Kier alpha value is -2.29. The quantitative estimate of drug-likeness (QED) is 0.686. The molecule has 104 valence electrons. The summed E-state index contributed by atoms with van der Waals surface area (Å²) in [5.74, 6) is 0.833. The second kappa shape index (κ2) is 5.37. The number of carbonyl (C=O) groups is 1. The fraction of sp³-hybridized carbons (Fsp3) is 0.235. The maximum atomic E-state index is 12.7. The van der Waals surface area contributed by atoms with E-state index in [0.29, 0.717) is 11.3 Å². The third-order valence-corrected chi connectivity index (χ3v) is 3.67. The summed E-state index contributed by atoms with van der Waals surface area (Å²) in [4.78, 5) is 12.7. The number of methoxy groups -OCH3 is 1. The lowest BCUT2D eigenvalue weighted by molar-refractivity contribution is 0.103. The number of hydrogen-bond acceptors (Lipinski definition) is 3. The average molecular weight is 269 g/mol. The zero-order valence-corrected chi connectivity index (χ0v) is 12.3. The molecular formula is C17H19NO2. The number of nitrogens with two attached hydrogens (primary N) is 1. The molecule has 0 aromatic heterocycles. The van der Waals surface area contributed by atoms with Gasteiger partial charge >= 0.3 is 0 Å². The van der Waals surface area contributed by atoms with E-state index in [0.717, 1.165) is 28.0 Å². The van der Waals surface area contributed by atoms with Crippen molar-refractivity contribution in [3.8, 4) is 5.75 Å². The van der Waals surface area contributed by atoms with Crippen LogP contribution in [-0.4, -0.2) is 12.9 Å². The molecule has 2 rings (SSSR count). The monoisotopic (exact) mass is 269 g/mol. The molecule has 0 aliphatic carbocycles. The second-order valence-electron chi connectivity index (χ2n) is 4.97. The topological polar surface area (TPSA) is 52.3 Å². The van der Waals surface area contributed by atoms with E-state index in [1.54, 1.807) is 31.4 Å². The summed E-state index contributed by atoms with van der Waals surface area (Å²) < 4.78 is 5.33. The van der Waals surface area contributed by atoms with Gasteiger partial charge in [-0.15, -0.1) is 0 Å². The van der Waals surface area contributed by atoms with Crippen LogP contribution in [0.1, 0.15) is 32.6 Å². The molecule has 0 aliphatic rings. The van der Waals surface area contributed by atoms with Gasteiger partial charge in [-0.2, -0.15) is 0 Å². The number of rotatable bonds is 3. The molecule has 3 heteroatoms. The summed E-state index contributed by atoms with van der Waals surface area (Å²) in [5.41, 5.74) is 10.6. The smallest absolute Gasteiger partial charge is 0.193 e. The molecule has 0 bridgehead atoms. The van der Waals surface area contributed by atoms with Gasteiger partial charge in [-0.1, -0.05) is 0 Å². The van der Waals surface area contributed by atoms with Gasteiger partial charge in [0.2, 0.25) is 0 Å². The van der Waals surface area contributed by atoms with Gasteiger partial charge in [0, 0.05) is 16.8 Å². The third-order valence-electron chi connectivity index (χ3n) is 3.67. The van der Waals surface area contributed by atoms with Crippen molar-refractivity contribution in [2.75, 3.05) is 12.8 Å². The van der Waals surface area contributed by atoms with Crippen molar-refractivity contribution in [2.45, 2.75) is 20.8 Å². The van der Waals surface area contributed by atoms with Crippen molar-refractivity contribution < 1.29 is 9.53 Å².